The lowest BCUT2D eigenvalue weighted by Crippen LogP contribution is -2.39. The minimum absolute atomic E-state index is 0. The molecule has 136 valence electrons. The number of carbonyl (C=O) groups excluding carboxylic acids is 1. The first kappa shape index (κ1) is 22.3. The molecule has 0 bridgehead atoms. The van der Waals surface area contributed by atoms with Crippen LogP contribution in [0.3, 0.4) is 0 Å². The average molecular weight is 357 g/mol. The van der Waals surface area contributed by atoms with Crippen LogP contribution in [0.5, 0.6) is 11.5 Å². The van der Waals surface area contributed by atoms with Gasteiger partial charge in [-0.2, -0.15) is 0 Å². The lowest BCUT2D eigenvalue weighted by atomic mass is 9.93. The standard InChI is InChI=1S/C18H28N2O3.ClH/c1-7-8-13-9-14(10-15(22-5)16(13)23-6)17(21)20(4)12-18(2,3)11-19;/h7,9-10H,1,8,11-12,19H2,2-6H3;1H. The van der Waals surface area contributed by atoms with E-state index in [4.69, 9.17) is 15.2 Å². The molecule has 1 rings (SSSR count). The molecule has 0 spiro atoms. The van der Waals surface area contributed by atoms with Crippen LogP contribution in [0.1, 0.15) is 29.8 Å². The van der Waals surface area contributed by atoms with Gasteiger partial charge in [0.2, 0.25) is 0 Å². The van der Waals surface area contributed by atoms with Gasteiger partial charge in [0.05, 0.1) is 14.2 Å². The van der Waals surface area contributed by atoms with E-state index in [1.54, 1.807) is 38.3 Å². The number of ether oxygens (including phenoxy) is 2. The Bertz CT molecular complexity index is 574. The van der Waals surface area contributed by atoms with Gasteiger partial charge >= 0.3 is 0 Å². The van der Waals surface area contributed by atoms with Crippen LogP contribution in [0.2, 0.25) is 0 Å². The predicted molar refractivity (Wildman–Crippen MR) is 100 cm³/mol. The van der Waals surface area contributed by atoms with Crippen LogP contribution >= 0.6 is 12.4 Å². The summed E-state index contributed by atoms with van der Waals surface area (Å²) in [6.45, 7) is 8.91. The summed E-state index contributed by atoms with van der Waals surface area (Å²) in [4.78, 5) is 14.4. The second-order valence-corrected chi connectivity index (χ2v) is 6.39. The van der Waals surface area contributed by atoms with Crippen molar-refractivity contribution in [2.24, 2.45) is 11.1 Å². The quantitative estimate of drug-likeness (QED) is 0.727. The fourth-order valence-electron chi connectivity index (χ4n) is 2.47. The van der Waals surface area contributed by atoms with Crippen molar-refractivity contribution < 1.29 is 14.3 Å². The van der Waals surface area contributed by atoms with Crippen molar-refractivity contribution in [1.82, 2.24) is 4.90 Å². The fraction of sp³-hybridized carbons (Fsp3) is 0.500. The normalized spacial score (nSPS) is 10.6. The minimum Gasteiger partial charge on any atom is -0.493 e. The Kier molecular flexibility index (Phi) is 8.86. The molecule has 0 aliphatic carbocycles. The third-order valence-electron chi connectivity index (χ3n) is 3.73. The summed E-state index contributed by atoms with van der Waals surface area (Å²) in [7, 11) is 4.93. The molecule has 1 aromatic carbocycles. The van der Waals surface area contributed by atoms with Crippen molar-refractivity contribution in [3.05, 3.63) is 35.9 Å². The van der Waals surface area contributed by atoms with Crippen LogP contribution in [0.15, 0.2) is 24.8 Å². The molecule has 0 heterocycles. The molecule has 0 unspecified atom stereocenters. The summed E-state index contributed by atoms with van der Waals surface area (Å²) in [5.74, 6) is 1.10. The summed E-state index contributed by atoms with van der Waals surface area (Å²) >= 11 is 0. The van der Waals surface area contributed by atoms with Crippen molar-refractivity contribution in [2.75, 3.05) is 34.4 Å². The smallest absolute Gasteiger partial charge is 0.253 e. The molecular formula is C18H29ClN2O3. The highest BCUT2D eigenvalue weighted by Crippen LogP contribution is 2.33. The van der Waals surface area contributed by atoms with Crippen LogP contribution in [-0.2, 0) is 6.42 Å². The highest BCUT2D eigenvalue weighted by Gasteiger charge is 2.23. The zero-order valence-corrected chi connectivity index (χ0v) is 16.0. The van der Waals surface area contributed by atoms with Gasteiger partial charge < -0.3 is 20.1 Å². The summed E-state index contributed by atoms with van der Waals surface area (Å²) in [5.41, 5.74) is 7.06. The van der Waals surface area contributed by atoms with E-state index >= 15 is 0 Å². The topological polar surface area (TPSA) is 64.8 Å². The highest BCUT2D eigenvalue weighted by molar-refractivity contribution is 5.95. The van der Waals surface area contributed by atoms with Gasteiger partial charge in [-0.3, -0.25) is 4.79 Å². The summed E-state index contributed by atoms with van der Waals surface area (Å²) in [5, 5.41) is 0. The third-order valence-corrected chi connectivity index (χ3v) is 3.73. The van der Waals surface area contributed by atoms with Crippen LogP contribution in [0, 0.1) is 5.41 Å². The average Bonchev–Trinajstić information content (AvgIpc) is 2.53. The molecular weight excluding hydrogens is 328 g/mol. The number of nitrogens with two attached hydrogens (primary N) is 1. The van der Waals surface area contributed by atoms with Gasteiger partial charge in [0, 0.05) is 24.7 Å². The molecule has 0 aliphatic rings. The van der Waals surface area contributed by atoms with E-state index in [0.29, 0.717) is 36.6 Å². The zero-order valence-electron chi connectivity index (χ0n) is 15.2. The van der Waals surface area contributed by atoms with Gasteiger partial charge in [-0.05, 0) is 30.5 Å². The fourth-order valence-corrected chi connectivity index (χ4v) is 2.47. The third kappa shape index (κ3) is 5.42. The second-order valence-electron chi connectivity index (χ2n) is 6.39. The Morgan fingerprint density at radius 1 is 1.33 bits per heavy atom. The molecule has 0 fully saturated rings. The number of halogens is 1. The number of carbonyl (C=O) groups is 1. The number of benzene rings is 1. The molecule has 0 aromatic heterocycles. The van der Waals surface area contributed by atoms with E-state index in [0.717, 1.165) is 5.56 Å². The monoisotopic (exact) mass is 356 g/mol. The number of allylic oxidation sites excluding steroid dienone is 1. The summed E-state index contributed by atoms with van der Waals surface area (Å²) < 4.78 is 10.8. The van der Waals surface area contributed by atoms with E-state index in [9.17, 15) is 4.79 Å². The Labute approximate surface area is 151 Å². The van der Waals surface area contributed by atoms with E-state index in [1.165, 1.54) is 0 Å². The summed E-state index contributed by atoms with van der Waals surface area (Å²) in [6.07, 6.45) is 2.37. The van der Waals surface area contributed by atoms with Crippen LogP contribution < -0.4 is 15.2 Å². The van der Waals surface area contributed by atoms with E-state index in [2.05, 4.69) is 6.58 Å². The van der Waals surface area contributed by atoms with Gasteiger partial charge in [-0.1, -0.05) is 19.9 Å². The van der Waals surface area contributed by atoms with Crippen molar-refractivity contribution in [3.8, 4) is 11.5 Å². The lowest BCUT2D eigenvalue weighted by Gasteiger charge is -2.29. The van der Waals surface area contributed by atoms with Crippen molar-refractivity contribution in [3.63, 3.8) is 0 Å². The number of hydrogen-bond acceptors (Lipinski definition) is 4. The maximum atomic E-state index is 12.7. The molecule has 1 amide bonds. The molecule has 1 aromatic rings. The largest absolute Gasteiger partial charge is 0.493 e. The number of methoxy groups -OCH3 is 2. The van der Waals surface area contributed by atoms with Gasteiger partial charge in [-0.25, -0.2) is 0 Å². The molecule has 0 atom stereocenters. The molecule has 24 heavy (non-hydrogen) atoms. The summed E-state index contributed by atoms with van der Waals surface area (Å²) in [6, 6.07) is 3.54. The molecule has 2 N–H and O–H groups in total. The number of amides is 1. The molecule has 6 heteroatoms. The Balaban J connectivity index is 0.00000529. The second kappa shape index (κ2) is 9.55. The Morgan fingerprint density at radius 2 is 1.96 bits per heavy atom. The van der Waals surface area contributed by atoms with Gasteiger partial charge in [0.15, 0.2) is 11.5 Å². The van der Waals surface area contributed by atoms with Crippen LogP contribution in [-0.4, -0.2) is 45.2 Å². The van der Waals surface area contributed by atoms with Gasteiger partial charge in [-0.15, -0.1) is 19.0 Å². The van der Waals surface area contributed by atoms with Crippen molar-refractivity contribution >= 4 is 18.3 Å². The van der Waals surface area contributed by atoms with Crippen LogP contribution in [0.25, 0.3) is 0 Å². The molecule has 0 saturated carbocycles. The minimum atomic E-state index is -0.134. The number of hydrogen-bond donors (Lipinski definition) is 1. The highest BCUT2D eigenvalue weighted by atomic mass is 35.5. The molecule has 0 saturated heterocycles. The number of rotatable bonds is 8. The van der Waals surface area contributed by atoms with E-state index in [-0.39, 0.29) is 23.7 Å². The van der Waals surface area contributed by atoms with Crippen molar-refractivity contribution in [2.45, 2.75) is 20.3 Å². The maximum absolute atomic E-state index is 12.7. The van der Waals surface area contributed by atoms with E-state index in [1.807, 2.05) is 19.9 Å². The SMILES string of the molecule is C=CCc1cc(C(=O)N(C)CC(C)(C)CN)cc(OC)c1OC.Cl. The Hall–Kier alpha value is -1.72. The molecule has 0 radical (unpaired) electrons. The first-order valence-electron chi connectivity index (χ1n) is 7.61. The number of nitrogens with zero attached hydrogens (tertiary/aromatic N) is 1. The predicted octanol–water partition coefficient (Wildman–Crippen LogP) is 2.91. The molecule has 0 aliphatic heterocycles. The van der Waals surface area contributed by atoms with Crippen molar-refractivity contribution in [1.29, 1.82) is 0 Å². The van der Waals surface area contributed by atoms with E-state index < -0.39 is 0 Å². The van der Waals surface area contributed by atoms with Gasteiger partial charge in [0.1, 0.15) is 0 Å². The molecule has 5 nitrogen and oxygen atoms in total. The first-order chi connectivity index (χ1) is 10.8. The Morgan fingerprint density at radius 3 is 2.42 bits per heavy atom. The maximum Gasteiger partial charge on any atom is 0.253 e. The van der Waals surface area contributed by atoms with Gasteiger partial charge in [0.25, 0.3) is 5.91 Å². The zero-order chi connectivity index (χ0) is 17.6. The first-order valence-corrected chi connectivity index (χ1v) is 7.61. The van der Waals surface area contributed by atoms with Crippen LogP contribution in [0.4, 0.5) is 0 Å². The lowest BCUT2D eigenvalue weighted by molar-refractivity contribution is 0.0740.